The molecular weight excluding hydrogens is 380 g/mol. The molecule has 0 saturated heterocycles. The van der Waals surface area contributed by atoms with E-state index in [1.807, 2.05) is 0 Å². The van der Waals surface area contributed by atoms with Crippen LogP contribution < -0.4 is 15.4 Å². The second kappa shape index (κ2) is 8.96. The number of urea groups is 1. The fourth-order valence-corrected chi connectivity index (χ4v) is 2.83. The molecule has 2 aromatic rings. The first-order chi connectivity index (χ1) is 14.0. The maximum atomic E-state index is 12.6. The minimum Gasteiger partial charge on any atom is -0.497 e. The summed E-state index contributed by atoms with van der Waals surface area (Å²) in [4.78, 5) is 36.9. The van der Waals surface area contributed by atoms with Gasteiger partial charge in [0.25, 0.3) is 0 Å². The highest BCUT2D eigenvalue weighted by molar-refractivity contribution is 5.95. The van der Waals surface area contributed by atoms with Crippen molar-refractivity contribution in [3.05, 3.63) is 65.3 Å². The molecule has 1 aromatic carbocycles. The minimum absolute atomic E-state index is 0.00949. The number of hydrogen-bond acceptors (Lipinski definition) is 7. The Bertz CT molecular complexity index is 917. The van der Waals surface area contributed by atoms with Crippen molar-refractivity contribution in [3.63, 3.8) is 0 Å². The molecule has 0 unspecified atom stereocenters. The first kappa shape index (κ1) is 20.0. The molecule has 2 heterocycles. The topological polar surface area (TPSA) is 116 Å². The van der Waals surface area contributed by atoms with Gasteiger partial charge in [-0.15, -0.1) is 0 Å². The first-order valence-corrected chi connectivity index (χ1v) is 8.85. The van der Waals surface area contributed by atoms with Crippen LogP contribution in [0.3, 0.4) is 0 Å². The average Bonchev–Trinajstić information content (AvgIpc) is 3.26. The number of furan rings is 1. The van der Waals surface area contributed by atoms with Gasteiger partial charge >= 0.3 is 18.0 Å². The van der Waals surface area contributed by atoms with E-state index in [1.165, 1.54) is 19.4 Å². The van der Waals surface area contributed by atoms with E-state index in [1.54, 1.807) is 37.3 Å². The monoisotopic (exact) mass is 400 g/mol. The second-order valence-corrected chi connectivity index (χ2v) is 5.97. The largest absolute Gasteiger partial charge is 0.497 e. The second-order valence-electron chi connectivity index (χ2n) is 5.97. The number of rotatable bonds is 7. The van der Waals surface area contributed by atoms with Crippen LogP contribution in [0.5, 0.6) is 5.75 Å². The molecule has 9 nitrogen and oxygen atoms in total. The molecule has 1 aliphatic heterocycles. The van der Waals surface area contributed by atoms with E-state index in [0.717, 1.165) is 0 Å². The Hall–Kier alpha value is -3.75. The van der Waals surface area contributed by atoms with Crippen LogP contribution in [0.4, 0.5) is 4.79 Å². The van der Waals surface area contributed by atoms with Gasteiger partial charge in [0.15, 0.2) is 0 Å². The SMILES string of the molecule is CCOC(=O)C1=C(COC(=O)c2ccco2)NC(=O)N[C@@H]1c1ccc(OC)cc1. The van der Waals surface area contributed by atoms with Crippen LogP contribution in [0.2, 0.25) is 0 Å². The normalized spacial score (nSPS) is 15.9. The molecular formula is C20H20N2O7. The maximum absolute atomic E-state index is 12.6. The van der Waals surface area contributed by atoms with Crippen LogP contribution in [0, 0.1) is 0 Å². The van der Waals surface area contributed by atoms with Gasteiger partial charge in [0.2, 0.25) is 5.76 Å². The number of carbonyl (C=O) groups excluding carboxylic acids is 3. The summed E-state index contributed by atoms with van der Waals surface area (Å²) in [5, 5.41) is 5.22. The van der Waals surface area contributed by atoms with E-state index in [4.69, 9.17) is 18.6 Å². The number of nitrogens with one attached hydrogen (secondary N) is 2. The zero-order valence-electron chi connectivity index (χ0n) is 15.9. The highest BCUT2D eigenvalue weighted by Gasteiger charge is 2.34. The lowest BCUT2D eigenvalue weighted by Gasteiger charge is -2.29. The van der Waals surface area contributed by atoms with Crippen molar-refractivity contribution < 1.29 is 33.0 Å². The van der Waals surface area contributed by atoms with Crippen LogP contribution in [-0.2, 0) is 14.3 Å². The lowest BCUT2D eigenvalue weighted by Crippen LogP contribution is -2.47. The number of methoxy groups -OCH3 is 1. The molecule has 0 fully saturated rings. The standard InChI is InChI=1S/C20H20N2O7/c1-3-27-19(24)16-14(11-29-18(23)15-5-4-10-28-15)21-20(25)22-17(16)12-6-8-13(26-2)9-7-12/h4-10,17H,3,11H2,1-2H3,(H2,21,22,25)/t17-/m1/s1. The van der Waals surface area contributed by atoms with Crippen LogP contribution in [0.15, 0.2) is 58.3 Å². The van der Waals surface area contributed by atoms with Gasteiger partial charge in [0.1, 0.15) is 12.4 Å². The van der Waals surface area contributed by atoms with Gasteiger partial charge < -0.3 is 29.3 Å². The summed E-state index contributed by atoms with van der Waals surface area (Å²) in [5.74, 6) is -0.720. The smallest absolute Gasteiger partial charge is 0.374 e. The van der Waals surface area contributed by atoms with Crippen molar-refractivity contribution in [1.29, 1.82) is 0 Å². The highest BCUT2D eigenvalue weighted by Crippen LogP contribution is 2.29. The van der Waals surface area contributed by atoms with Gasteiger partial charge in [-0.25, -0.2) is 14.4 Å². The van der Waals surface area contributed by atoms with E-state index in [9.17, 15) is 14.4 Å². The van der Waals surface area contributed by atoms with Gasteiger partial charge in [0.05, 0.1) is 37.3 Å². The molecule has 0 saturated carbocycles. The lowest BCUT2D eigenvalue weighted by atomic mass is 9.95. The Morgan fingerprint density at radius 1 is 1.10 bits per heavy atom. The number of ether oxygens (including phenoxy) is 3. The summed E-state index contributed by atoms with van der Waals surface area (Å²) in [6.07, 6.45) is 1.34. The summed E-state index contributed by atoms with van der Waals surface area (Å²) >= 11 is 0. The van der Waals surface area contributed by atoms with E-state index in [-0.39, 0.29) is 30.2 Å². The van der Waals surface area contributed by atoms with Crippen molar-refractivity contribution in [2.75, 3.05) is 20.3 Å². The van der Waals surface area contributed by atoms with Crippen molar-refractivity contribution in [3.8, 4) is 5.75 Å². The molecule has 9 heteroatoms. The molecule has 0 bridgehead atoms. The number of esters is 2. The van der Waals surface area contributed by atoms with Gasteiger partial charge in [-0.1, -0.05) is 12.1 Å². The zero-order valence-corrected chi connectivity index (χ0v) is 15.9. The van der Waals surface area contributed by atoms with Gasteiger partial charge in [-0.2, -0.15) is 0 Å². The molecule has 29 heavy (non-hydrogen) atoms. The third-order valence-electron chi connectivity index (χ3n) is 4.17. The molecule has 2 amide bonds. The molecule has 152 valence electrons. The molecule has 0 spiro atoms. The number of amides is 2. The summed E-state index contributed by atoms with van der Waals surface area (Å²) < 4.78 is 20.5. The van der Waals surface area contributed by atoms with Crippen LogP contribution >= 0.6 is 0 Å². The third-order valence-corrected chi connectivity index (χ3v) is 4.17. The van der Waals surface area contributed by atoms with Crippen LogP contribution in [0.25, 0.3) is 0 Å². The third kappa shape index (κ3) is 4.57. The Kier molecular flexibility index (Phi) is 6.18. The quantitative estimate of drug-likeness (QED) is 0.685. The fraction of sp³-hybridized carbons (Fsp3) is 0.250. The number of benzene rings is 1. The fourth-order valence-electron chi connectivity index (χ4n) is 2.83. The minimum atomic E-state index is -0.786. The maximum Gasteiger partial charge on any atom is 0.374 e. The molecule has 0 radical (unpaired) electrons. The molecule has 1 atom stereocenters. The first-order valence-electron chi connectivity index (χ1n) is 8.85. The Morgan fingerprint density at radius 2 is 1.86 bits per heavy atom. The van der Waals surface area contributed by atoms with E-state index in [2.05, 4.69) is 10.6 Å². The molecule has 0 aliphatic carbocycles. The highest BCUT2D eigenvalue weighted by atomic mass is 16.5. The summed E-state index contributed by atoms with van der Waals surface area (Å²) in [6, 6.07) is 8.54. The Labute approximate surface area is 166 Å². The molecule has 3 rings (SSSR count). The van der Waals surface area contributed by atoms with Crippen molar-refractivity contribution in [2.45, 2.75) is 13.0 Å². The summed E-state index contributed by atoms with van der Waals surface area (Å²) in [7, 11) is 1.54. The van der Waals surface area contributed by atoms with Gasteiger partial charge in [-0.05, 0) is 36.8 Å². The van der Waals surface area contributed by atoms with Crippen molar-refractivity contribution in [2.24, 2.45) is 0 Å². The lowest BCUT2D eigenvalue weighted by molar-refractivity contribution is -0.139. The molecule has 1 aromatic heterocycles. The Morgan fingerprint density at radius 3 is 2.48 bits per heavy atom. The predicted octanol–water partition coefficient (Wildman–Crippen LogP) is 2.32. The zero-order chi connectivity index (χ0) is 20.8. The van der Waals surface area contributed by atoms with Crippen LogP contribution in [0.1, 0.15) is 29.1 Å². The van der Waals surface area contributed by atoms with E-state index >= 15 is 0 Å². The van der Waals surface area contributed by atoms with Crippen LogP contribution in [-0.4, -0.2) is 38.3 Å². The van der Waals surface area contributed by atoms with Gasteiger partial charge in [-0.3, -0.25) is 0 Å². The number of hydrogen-bond donors (Lipinski definition) is 2. The predicted molar refractivity (Wildman–Crippen MR) is 100 cm³/mol. The Balaban J connectivity index is 1.92. The average molecular weight is 400 g/mol. The molecule has 2 N–H and O–H groups in total. The van der Waals surface area contributed by atoms with Crippen molar-refractivity contribution >= 4 is 18.0 Å². The van der Waals surface area contributed by atoms with Crippen molar-refractivity contribution in [1.82, 2.24) is 10.6 Å². The summed E-state index contributed by atoms with van der Waals surface area (Å²) in [6.45, 7) is 1.48. The molecule has 1 aliphatic rings. The van der Waals surface area contributed by atoms with Gasteiger partial charge in [0, 0.05) is 0 Å². The van der Waals surface area contributed by atoms with E-state index < -0.39 is 24.0 Å². The summed E-state index contributed by atoms with van der Waals surface area (Å²) in [5.41, 5.74) is 0.912. The van der Waals surface area contributed by atoms with E-state index in [0.29, 0.717) is 11.3 Å². The number of carbonyl (C=O) groups is 3.